The van der Waals surface area contributed by atoms with Crippen LogP contribution in [0.4, 0.5) is 0 Å². The van der Waals surface area contributed by atoms with Crippen LogP contribution in [-0.2, 0) is 13.5 Å². The fraction of sp³-hybridized carbons (Fsp3) is 0.250. The third-order valence-electron chi connectivity index (χ3n) is 2.67. The maximum Gasteiger partial charge on any atom is 0.0924 e. The van der Waals surface area contributed by atoms with Crippen LogP contribution < -0.4 is 0 Å². The van der Waals surface area contributed by atoms with Crippen LogP contribution in [0, 0.1) is 0 Å². The smallest absolute Gasteiger partial charge is 0.0924 e. The molecular formula is C12H12N2OS2. The molecule has 0 aliphatic carbocycles. The Labute approximate surface area is 107 Å². The molecule has 88 valence electrons. The first kappa shape index (κ1) is 11.0. The molecule has 0 saturated heterocycles. The molecular weight excluding hydrogens is 252 g/mol. The average molecular weight is 264 g/mol. The van der Waals surface area contributed by atoms with Gasteiger partial charge in [0.25, 0.3) is 0 Å². The van der Waals surface area contributed by atoms with Crippen molar-refractivity contribution >= 4 is 32.1 Å². The van der Waals surface area contributed by atoms with Crippen molar-refractivity contribution in [1.29, 1.82) is 0 Å². The van der Waals surface area contributed by atoms with Crippen LogP contribution in [0.25, 0.3) is 9.40 Å². The second-order valence-electron chi connectivity index (χ2n) is 4.04. The van der Waals surface area contributed by atoms with Gasteiger partial charge in [-0.2, -0.15) is 5.10 Å². The van der Waals surface area contributed by atoms with Gasteiger partial charge in [-0.3, -0.25) is 4.68 Å². The Balaban J connectivity index is 1.82. The number of aryl methyl sites for hydroxylation is 1. The first-order valence-corrected chi connectivity index (χ1v) is 7.04. The molecule has 0 aliphatic rings. The van der Waals surface area contributed by atoms with E-state index in [1.807, 2.05) is 13.2 Å². The second-order valence-corrected chi connectivity index (χ2v) is 6.10. The molecule has 3 heterocycles. The normalized spacial score (nSPS) is 13.3. The van der Waals surface area contributed by atoms with Crippen molar-refractivity contribution in [2.24, 2.45) is 7.05 Å². The van der Waals surface area contributed by atoms with Gasteiger partial charge in [-0.25, -0.2) is 0 Å². The van der Waals surface area contributed by atoms with Gasteiger partial charge in [0.1, 0.15) is 0 Å². The van der Waals surface area contributed by atoms with E-state index in [0.717, 1.165) is 10.4 Å². The summed E-state index contributed by atoms with van der Waals surface area (Å²) >= 11 is 3.39. The molecule has 1 atom stereocenters. The molecule has 3 nitrogen and oxygen atoms in total. The molecule has 3 aromatic rings. The van der Waals surface area contributed by atoms with Crippen LogP contribution in [0.3, 0.4) is 0 Å². The van der Waals surface area contributed by atoms with Gasteiger partial charge in [0.2, 0.25) is 0 Å². The van der Waals surface area contributed by atoms with Gasteiger partial charge in [0, 0.05) is 33.9 Å². The Morgan fingerprint density at radius 2 is 2.35 bits per heavy atom. The Morgan fingerprint density at radius 3 is 3.06 bits per heavy atom. The van der Waals surface area contributed by atoms with Gasteiger partial charge >= 0.3 is 0 Å². The van der Waals surface area contributed by atoms with E-state index in [2.05, 4.69) is 22.6 Å². The summed E-state index contributed by atoms with van der Waals surface area (Å²) in [6.07, 6.45) is 3.95. The lowest BCUT2D eigenvalue weighted by Crippen LogP contribution is -1.98. The lowest BCUT2D eigenvalue weighted by molar-refractivity contribution is 0.182. The maximum absolute atomic E-state index is 10.2. The number of aliphatic hydroxyl groups is 1. The highest BCUT2D eigenvalue weighted by Gasteiger charge is 2.13. The number of hydrogen-bond acceptors (Lipinski definition) is 4. The monoisotopic (exact) mass is 264 g/mol. The highest BCUT2D eigenvalue weighted by atomic mass is 32.1. The van der Waals surface area contributed by atoms with Crippen molar-refractivity contribution in [2.45, 2.75) is 12.5 Å². The van der Waals surface area contributed by atoms with Crippen molar-refractivity contribution in [3.8, 4) is 0 Å². The Bertz CT molecular complexity index is 609. The van der Waals surface area contributed by atoms with Gasteiger partial charge in [-0.05, 0) is 23.1 Å². The minimum atomic E-state index is -0.427. The van der Waals surface area contributed by atoms with Crippen molar-refractivity contribution in [2.75, 3.05) is 0 Å². The third-order valence-corrected chi connectivity index (χ3v) is 4.87. The van der Waals surface area contributed by atoms with Crippen molar-refractivity contribution in [3.05, 3.63) is 40.3 Å². The molecule has 1 N–H and O–H groups in total. The SMILES string of the molecule is Cn1cc(CC(O)c2cc3sccc3s2)cn1. The highest BCUT2D eigenvalue weighted by molar-refractivity contribution is 7.26. The van der Waals surface area contributed by atoms with Crippen LogP contribution in [0.5, 0.6) is 0 Å². The minimum absolute atomic E-state index is 0.427. The summed E-state index contributed by atoms with van der Waals surface area (Å²) in [4.78, 5) is 1.04. The zero-order valence-corrected chi connectivity index (χ0v) is 11.0. The highest BCUT2D eigenvalue weighted by Crippen LogP contribution is 2.34. The van der Waals surface area contributed by atoms with Gasteiger partial charge < -0.3 is 5.11 Å². The van der Waals surface area contributed by atoms with E-state index in [1.165, 1.54) is 9.40 Å². The lowest BCUT2D eigenvalue weighted by atomic mass is 10.1. The number of thiophene rings is 2. The molecule has 0 aliphatic heterocycles. The first-order valence-electron chi connectivity index (χ1n) is 5.35. The number of hydrogen-bond donors (Lipinski definition) is 1. The molecule has 0 radical (unpaired) electrons. The van der Waals surface area contributed by atoms with E-state index in [0.29, 0.717) is 6.42 Å². The zero-order valence-electron chi connectivity index (χ0n) is 9.33. The molecule has 3 rings (SSSR count). The van der Waals surface area contributed by atoms with E-state index in [-0.39, 0.29) is 0 Å². The van der Waals surface area contributed by atoms with Crippen LogP contribution in [-0.4, -0.2) is 14.9 Å². The van der Waals surface area contributed by atoms with Gasteiger partial charge in [-0.15, -0.1) is 22.7 Å². The predicted molar refractivity (Wildman–Crippen MR) is 71.6 cm³/mol. The summed E-state index contributed by atoms with van der Waals surface area (Å²) in [5.74, 6) is 0. The zero-order chi connectivity index (χ0) is 11.8. The number of aliphatic hydroxyl groups excluding tert-OH is 1. The van der Waals surface area contributed by atoms with Gasteiger partial charge in [0.05, 0.1) is 12.3 Å². The summed E-state index contributed by atoms with van der Waals surface area (Å²) in [6, 6.07) is 4.19. The van der Waals surface area contributed by atoms with Gasteiger partial charge in [0.15, 0.2) is 0 Å². The van der Waals surface area contributed by atoms with Crippen molar-refractivity contribution in [1.82, 2.24) is 9.78 Å². The second kappa shape index (κ2) is 4.25. The quantitative estimate of drug-likeness (QED) is 0.789. The molecule has 0 spiro atoms. The molecule has 0 amide bonds. The maximum atomic E-state index is 10.2. The molecule has 5 heteroatoms. The van der Waals surface area contributed by atoms with E-state index in [9.17, 15) is 5.11 Å². The number of rotatable bonds is 3. The van der Waals surface area contributed by atoms with E-state index >= 15 is 0 Å². The van der Waals surface area contributed by atoms with Crippen molar-refractivity contribution in [3.63, 3.8) is 0 Å². The van der Waals surface area contributed by atoms with E-state index in [4.69, 9.17) is 0 Å². The molecule has 0 aromatic carbocycles. The summed E-state index contributed by atoms with van der Waals surface area (Å²) in [6.45, 7) is 0. The minimum Gasteiger partial charge on any atom is -0.387 e. The van der Waals surface area contributed by atoms with Crippen LogP contribution in [0.2, 0.25) is 0 Å². The topological polar surface area (TPSA) is 38.0 Å². The fourth-order valence-electron chi connectivity index (χ4n) is 1.85. The van der Waals surface area contributed by atoms with Crippen LogP contribution in [0.15, 0.2) is 29.9 Å². The molecule has 1 unspecified atom stereocenters. The summed E-state index contributed by atoms with van der Waals surface area (Å²) in [5.41, 5.74) is 1.07. The van der Waals surface area contributed by atoms with E-state index in [1.54, 1.807) is 33.6 Å². The molecule has 0 saturated carbocycles. The molecule has 17 heavy (non-hydrogen) atoms. The third kappa shape index (κ3) is 2.13. The van der Waals surface area contributed by atoms with Gasteiger partial charge in [-0.1, -0.05) is 0 Å². The number of aromatic nitrogens is 2. The Kier molecular flexibility index (Phi) is 2.74. The predicted octanol–water partition coefficient (Wildman–Crippen LogP) is 2.97. The fourth-order valence-corrected chi connectivity index (χ4v) is 3.96. The number of nitrogens with zero attached hydrogens (tertiary/aromatic N) is 2. The van der Waals surface area contributed by atoms with E-state index < -0.39 is 6.10 Å². The summed E-state index contributed by atoms with van der Waals surface area (Å²) in [7, 11) is 1.89. The largest absolute Gasteiger partial charge is 0.387 e. The Hall–Kier alpha value is -1.17. The summed E-state index contributed by atoms with van der Waals surface area (Å²) in [5, 5.41) is 16.4. The van der Waals surface area contributed by atoms with Crippen LogP contribution in [0.1, 0.15) is 16.5 Å². The first-order chi connectivity index (χ1) is 8.22. The molecule has 0 fully saturated rings. The number of fused-ring (bicyclic) bond motifs is 1. The standard InChI is InChI=1S/C12H12N2OS2/c1-14-7-8(6-13-14)4-9(15)11-5-12-10(17-11)2-3-16-12/h2-3,5-7,9,15H,4H2,1H3. The average Bonchev–Trinajstić information content (AvgIpc) is 2.92. The summed E-state index contributed by atoms with van der Waals surface area (Å²) < 4.78 is 4.28. The Morgan fingerprint density at radius 1 is 1.47 bits per heavy atom. The van der Waals surface area contributed by atoms with Crippen molar-refractivity contribution < 1.29 is 5.11 Å². The van der Waals surface area contributed by atoms with Crippen LogP contribution >= 0.6 is 22.7 Å². The lowest BCUT2D eigenvalue weighted by Gasteiger charge is -2.05. The molecule has 3 aromatic heterocycles. The molecule has 0 bridgehead atoms.